The lowest BCUT2D eigenvalue weighted by Crippen LogP contribution is -2.40. The van der Waals surface area contributed by atoms with Crippen LogP contribution in [0.3, 0.4) is 0 Å². The summed E-state index contributed by atoms with van der Waals surface area (Å²) in [5.74, 6) is -1.51. The Balaban J connectivity index is 1.76. The van der Waals surface area contributed by atoms with E-state index in [9.17, 15) is 23.1 Å². The Morgan fingerprint density at radius 2 is 1.97 bits per heavy atom. The van der Waals surface area contributed by atoms with Crippen LogP contribution >= 0.6 is 11.6 Å². The lowest BCUT2D eigenvalue weighted by Gasteiger charge is -2.38. The number of carboxylic acid groups (broad SMARTS) is 1. The maximum absolute atomic E-state index is 13.9. The van der Waals surface area contributed by atoms with Crippen LogP contribution in [0, 0.1) is 5.92 Å². The number of aromatic nitrogens is 1. The first-order chi connectivity index (χ1) is 16.3. The SMILES string of the molecule is COCCCOc1cc2c(cc1Cl)-c1c(cc(C(=O)O)c(=O)n1C1CC1)C(C1COC1)S2(=O)=O. The molecule has 3 heterocycles. The lowest BCUT2D eigenvalue weighted by molar-refractivity contribution is -0.0340. The fourth-order valence-corrected chi connectivity index (χ4v) is 7.09. The van der Waals surface area contributed by atoms with E-state index in [1.807, 2.05) is 0 Å². The quantitative estimate of drug-likeness (QED) is 0.539. The number of nitrogens with zero attached hydrogens (tertiary/aromatic N) is 1. The van der Waals surface area contributed by atoms with Gasteiger partial charge in [-0.2, -0.15) is 0 Å². The van der Waals surface area contributed by atoms with E-state index in [1.165, 1.54) is 22.8 Å². The van der Waals surface area contributed by atoms with Crippen LogP contribution in [0.1, 0.15) is 46.5 Å². The van der Waals surface area contributed by atoms with Crippen LogP contribution in [0.15, 0.2) is 27.9 Å². The van der Waals surface area contributed by atoms with Crippen molar-refractivity contribution in [3.8, 4) is 17.0 Å². The number of fused-ring (bicyclic) bond motifs is 3. The van der Waals surface area contributed by atoms with Gasteiger partial charge >= 0.3 is 5.97 Å². The van der Waals surface area contributed by atoms with Gasteiger partial charge < -0.3 is 23.9 Å². The van der Waals surface area contributed by atoms with E-state index in [0.717, 1.165) is 0 Å². The van der Waals surface area contributed by atoms with Crippen LogP contribution in [-0.2, 0) is 19.3 Å². The van der Waals surface area contributed by atoms with Crippen molar-refractivity contribution in [3.63, 3.8) is 0 Å². The molecule has 9 nitrogen and oxygen atoms in total. The van der Waals surface area contributed by atoms with Gasteiger partial charge in [0.1, 0.15) is 16.6 Å². The Labute approximate surface area is 201 Å². The number of pyridine rings is 1. The molecule has 182 valence electrons. The molecular weight excluding hydrogens is 486 g/mol. The van der Waals surface area contributed by atoms with E-state index < -0.39 is 32.2 Å². The molecular formula is C23H24ClNO8S. The fourth-order valence-electron chi connectivity index (χ4n) is 4.68. The average molecular weight is 510 g/mol. The minimum absolute atomic E-state index is 0.0277. The maximum atomic E-state index is 13.9. The van der Waals surface area contributed by atoms with Gasteiger partial charge in [0.2, 0.25) is 0 Å². The number of carboxylic acids is 1. The number of carbonyl (C=O) groups is 1. The Bertz CT molecular complexity index is 1330. The predicted octanol–water partition coefficient (Wildman–Crippen LogP) is 3.09. The van der Waals surface area contributed by atoms with Gasteiger partial charge in [-0.1, -0.05) is 11.6 Å². The Morgan fingerprint density at radius 3 is 2.56 bits per heavy atom. The molecule has 1 aromatic heterocycles. The molecule has 1 saturated carbocycles. The highest BCUT2D eigenvalue weighted by Crippen LogP contribution is 2.52. The van der Waals surface area contributed by atoms with Crippen molar-refractivity contribution in [2.24, 2.45) is 5.92 Å². The average Bonchev–Trinajstić information content (AvgIpc) is 3.58. The highest BCUT2D eigenvalue weighted by Gasteiger charge is 2.48. The molecule has 11 heteroatoms. The molecule has 1 saturated heterocycles. The Morgan fingerprint density at radius 1 is 1.24 bits per heavy atom. The van der Waals surface area contributed by atoms with Gasteiger partial charge in [-0.15, -0.1) is 0 Å². The molecule has 1 atom stereocenters. The molecule has 0 bridgehead atoms. The largest absolute Gasteiger partial charge is 0.492 e. The Kier molecular flexibility index (Phi) is 5.96. The van der Waals surface area contributed by atoms with Crippen molar-refractivity contribution in [2.45, 2.75) is 35.4 Å². The second kappa shape index (κ2) is 8.67. The van der Waals surface area contributed by atoms with E-state index in [4.69, 9.17) is 25.8 Å². The standard InChI is InChI=1S/C23H24ClNO8S/c1-31-5-2-6-33-18-9-19-14(8-17(18)24)20-15(21(34(19,29)30)12-10-32-11-12)7-16(23(27)28)22(26)25(20)13-3-4-13/h7-9,12-13,21H,2-6,10-11H2,1H3,(H,27,28). The molecule has 1 unspecified atom stereocenters. The molecule has 0 spiro atoms. The highest BCUT2D eigenvalue weighted by molar-refractivity contribution is 7.92. The fraction of sp³-hybridized carbons (Fsp3) is 0.478. The number of methoxy groups -OCH3 is 1. The lowest BCUT2D eigenvalue weighted by atomic mass is 9.91. The topological polar surface area (TPSA) is 121 Å². The molecule has 1 aliphatic carbocycles. The van der Waals surface area contributed by atoms with Crippen LogP contribution in [-0.4, -0.2) is 57.6 Å². The van der Waals surface area contributed by atoms with E-state index in [0.29, 0.717) is 42.7 Å². The third kappa shape index (κ3) is 3.73. The van der Waals surface area contributed by atoms with E-state index in [-0.39, 0.29) is 47.4 Å². The van der Waals surface area contributed by atoms with Crippen LogP contribution < -0.4 is 10.3 Å². The van der Waals surface area contributed by atoms with Gasteiger partial charge in [-0.3, -0.25) is 4.79 Å². The van der Waals surface area contributed by atoms with E-state index in [2.05, 4.69) is 0 Å². The first-order valence-electron chi connectivity index (χ1n) is 11.1. The zero-order valence-electron chi connectivity index (χ0n) is 18.5. The molecule has 3 aliphatic rings. The predicted molar refractivity (Wildman–Crippen MR) is 123 cm³/mol. The number of hydrogen-bond donors (Lipinski definition) is 1. The second-order valence-electron chi connectivity index (χ2n) is 8.81. The number of sulfone groups is 1. The first kappa shape index (κ1) is 23.3. The van der Waals surface area contributed by atoms with Crippen LogP contribution in [0.25, 0.3) is 11.3 Å². The number of hydrogen-bond acceptors (Lipinski definition) is 7. The summed E-state index contributed by atoms with van der Waals surface area (Å²) in [7, 11) is -2.38. The summed E-state index contributed by atoms with van der Waals surface area (Å²) in [6.45, 7) is 1.24. The van der Waals surface area contributed by atoms with Gasteiger partial charge in [-0.25, -0.2) is 13.2 Å². The van der Waals surface area contributed by atoms with Gasteiger partial charge in [0.05, 0.1) is 35.4 Å². The normalized spacial score (nSPS) is 20.8. The van der Waals surface area contributed by atoms with Gasteiger partial charge in [0.25, 0.3) is 5.56 Å². The molecule has 0 amide bonds. The molecule has 1 aromatic carbocycles. The number of rotatable bonds is 8. The zero-order chi connectivity index (χ0) is 24.2. The van der Waals surface area contributed by atoms with Gasteiger partial charge in [-0.05, 0) is 30.5 Å². The first-order valence-corrected chi connectivity index (χ1v) is 13.0. The summed E-state index contributed by atoms with van der Waals surface area (Å²) >= 11 is 6.49. The highest BCUT2D eigenvalue weighted by atomic mass is 35.5. The molecule has 1 N–H and O–H groups in total. The van der Waals surface area contributed by atoms with Crippen molar-refractivity contribution >= 4 is 27.4 Å². The number of aromatic carboxylic acids is 1. The van der Waals surface area contributed by atoms with E-state index >= 15 is 0 Å². The summed E-state index contributed by atoms with van der Waals surface area (Å²) in [6, 6.07) is 3.97. The monoisotopic (exact) mass is 509 g/mol. The summed E-state index contributed by atoms with van der Waals surface area (Å²) < 4.78 is 45.3. The molecule has 2 fully saturated rings. The second-order valence-corrected chi connectivity index (χ2v) is 11.3. The minimum Gasteiger partial charge on any atom is -0.492 e. The smallest absolute Gasteiger partial charge is 0.341 e. The summed E-state index contributed by atoms with van der Waals surface area (Å²) in [5, 5.41) is 8.86. The summed E-state index contributed by atoms with van der Waals surface area (Å²) in [4.78, 5) is 25.1. The van der Waals surface area contributed by atoms with Crippen molar-refractivity contribution in [1.82, 2.24) is 4.57 Å². The van der Waals surface area contributed by atoms with Crippen molar-refractivity contribution in [2.75, 3.05) is 33.5 Å². The van der Waals surface area contributed by atoms with Crippen LogP contribution in [0.5, 0.6) is 5.75 Å². The summed E-state index contributed by atoms with van der Waals surface area (Å²) in [5.41, 5.74) is -0.0411. The van der Waals surface area contributed by atoms with Crippen LogP contribution in [0.2, 0.25) is 5.02 Å². The van der Waals surface area contributed by atoms with Crippen LogP contribution in [0.4, 0.5) is 0 Å². The Hall–Kier alpha value is -2.40. The van der Waals surface area contributed by atoms with Gasteiger partial charge in [0, 0.05) is 43.7 Å². The number of benzene rings is 1. The summed E-state index contributed by atoms with van der Waals surface area (Å²) in [6.07, 6.45) is 2.02. The number of ether oxygens (including phenoxy) is 3. The zero-order valence-corrected chi connectivity index (χ0v) is 20.0. The third-order valence-corrected chi connectivity index (χ3v) is 9.04. The number of halogens is 1. The molecule has 34 heavy (non-hydrogen) atoms. The van der Waals surface area contributed by atoms with Crippen molar-refractivity contribution in [1.29, 1.82) is 0 Å². The van der Waals surface area contributed by atoms with Gasteiger partial charge in [0.15, 0.2) is 9.84 Å². The molecule has 0 radical (unpaired) electrons. The maximum Gasteiger partial charge on any atom is 0.341 e. The van der Waals surface area contributed by atoms with E-state index in [1.54, 1.807) is 7.11 Å². The molecule has 2 aliphatic heterocycles. The third-order valence-electron chi connectivity index (χ3n) is 6.48. The molecule has 2 aromatic rings. The minimum atomic E-state index is -3.96. The molecule has 5 rings (SSSR count). The van der Waals surface area contributed by atoms with Crippen molar-refractivity contribution in [3.05, 3.63) is 44.7 Å². The van der Waals surface area contributed by atoms with Crippen molar-refractivity contribution < 1.29 is 32.5 Å².